The smallest absolute Gasteiger partial charge is 0.159 e. The van der Waals surface area contributed by atoms with E-state index in [1.807, 2.05) is 0 Å². The van der Waals surface area contributed by atoms with Crippen LogP contribution < -0.4 is 16.4 Å². The third kappa shape index (κ3) is 3.33. The summed E-state index contributed by atoms with van der Waals surface area (Å²) < 4.78 is 26.7. The molecule has 0 saturated heterocycles. The first-order valence-corrected chi connectivity index (χ1v) is 7.12. The zero-order chi connectivity index (χ0) is 17.1. The Hall–Kier alpha value is -3.00. The molecule has 1 aromatic carbocycles. The van der Waals surface area contributed by atoms with Crippen LogP contribution in [0.25, 0.3) is 0 Å². The Morgan fingerprint density at radius 1 is 0.958 bits per heavy atom. The fourth-order valence-electron chi connectivity index (χ4n) is 1.92. The molecule has 9 heteroatoms. The maximum Gasteiger partial charge on any atom is 0.159 e. The van der Waals surface area contributed by atoms with Crippen molar-refractivity contribution in [3.63, 3.8) is 0 Å². The number of nitrogen functional groups attached to an aromatic ring is 1. The van der Waals surface area contributed by atoms with Crippen LogP contribution in [0.2, 0.25) is 5.15 Å². The van der Waals surface area contributed by atoms with Crippen molar-refractivity contribution < 1.29 is 8.78 Å². The first kappa shape index (κ1) is 15.9. The molecule has 2 heterocycles. The van der Waals surface area contributed by atoms with Crippen molar-refractivity contribution in [1.82, 2.24) is 15.0 Å². The molecule has 24 heavy (non-hydrogen) atoms. The summed E-state index contributed by atoms with van der Waals surface area (Å²) in [5.74, 6) is -1.01. The van der Waals surface area contributed by atoms with Gasteiger partial charge in [-0.1, -0.05) is 11.6 Å². The summed E-state index contributed by atoms with van der Waals surface area (Å²) in [6.45, 7) is 0. The number of nitrogens with two attached hydrogens (primary N) is 1. The minimum atomic E-state index is -0.766. The van der Waals surface area contributed by atoms with Crippen molar-refractivity contribution in [3.05, 3.63) is 59.6 Å². The van der Waals surface area contributed by atoms with E-state index >= 15 is 0 Å². The Kier molecular flexibility index (Phi) is 4.39. The van der Waals surface area contributed by atoms with Crippen LogP contribution in [-0.4, -0.2) is 15.0 Å². The lowest BCUT2D eigenvalue weighted by atomic mass is 10.3. The lowest BCUT2D eigenvalue weighted by Crippen LogP contribution is -2.06. The number of hydrogen-bond acceptors (Lipinski definition) is 6. The molecule has 6 nitrogen and oxygen atoms in total. The summed E-state index contributed by atoms with van der Waals surface area (Å²) in [5.41, 5.74) is 6.68. The summed E-state index contributed by atoms with van der Waals surface area (Å²) >= 11 is 5.97. The molecule has 0 amide bonds. The second-order valence-electron chi connectivity index (χ2n) is 4.70. The van der Waals surface area contributed by atoms with E-state index in [-0.39, 0.29) is 28.2 Å². The topological polar surface area (TPSA) is 88.8 Å². The molecule has 0 aliphatic carbocycles. The van der Waals surface area contributed by atoms with Crippen LogP contribution in [0.1, 0.15) is 0 Å². The van der Waals surface area contributed by atoms with E-state index in [4.69, 9.17) is 17.3 Å². The molecule has 0 aliphatic rings. The number of benzene rings is 1. The van der Waals surface area contributed by atoms with E-state index in [2.05, 4.69) is 25.6 Å². The van der Waals surface area contributed by atoms with Gasteiger partial charge < -0.3 is 16.4 Å². The van der Waals surface area contributed by atoms with Gasteiger partial charge in [-0.2, -0.15) is 0 Å². The SMILES string of the molecule is Nc1c(Nc2ccc(F)cc2F)ncnc1Nc1cccnc1Cl. The zero-order valence-corrected chi connectivity index (χ0v) is 12.9. The summed E-state index contributed by atoms with van der Waals surface area (Å²) in [4.78, 5) is 11.9. The van der Waals surface area contributed by atoms with E-state index in [0.717, 1.165) is 12.1 Å². The molecular formula is C15H11ClF2N6. The lowest BCUT2D eigenvalue weighted by Gasteiger charge is -2.13. The number of anilines is 5. The molecule has 3 aromatic rings. The van der Waals surface area contributed by atoms with Crippen molar-refractivity contribution in [2.75, 3.05) is 16.4 Å². The van der Waals surface area contributed by atoms with Gasteiger partial charge in [-0.05, 0) is 24.3 Å². The molecule has 0 bridgehead atoms. The molecule has 3 rings (SSSR count). The fourth-order valence-corrected chi connectivity index (χ4v) is 2.09. The molecule has 0 saturated carbocycles. The van der Waals surface area contributed by atoms with Crippen molar-refractivity contribution in [2.24, 2.45) is 0 Å². The summed E-state index contributed by atoms with van der Waals surface area (Å²) in [6.07, 6.45) is 2.79. The standard InChI is InChI=1S/C15H11ClF2N6/c16-13-11(2-1-5-20-13)24-15-12(19)14(21-7-22-15)23-10-4-3-8(17)6-9(10)18/h1-7H,19H2,(H2,21,22,23,24). The minimum Gasteiger partial charge on any atom is -0.393 e. The second kappa shape index (κ2) is 6.63. The van der Waals surface area contributed by atoms with E-state index in [1.54, 1.807) is 18.3 Å². The van der Waals surface area contributed by atoms with Crippen molar-refractivity contribution >= 4 is 40.3 Å². The Labute approximate surface area is 140 Å². The predicted molar refractivity (Wildman–Crippen MR) is 88.6 cm³/mol. The maximum absolute atomic E-state index is 13.7. The second-order valence-corrected chi connectivity index (χ2v) is 5.06. The van der Waals surface area contributed by atoms with Gasteiger partial charge in [0.2, 0.25) is 0 Å². The third-order valence-electron chi connectivity index (χ3n) is 3.08. The molecule has 122 valence electrons. The monoisotopic (exact) mass is 348 g/mol. The first-order chi connectivity index (χ1) is 11.5. The highest BCUT2D eigenvalue weighted by atomic mass is 35.5. The van der Waals surface area contributed by atoms with Gasteiger partial charge in [0, 0.05) is 12.3 Å². The number of nitrogens with zero attached hydrogens (tertiary/aromatic N) is 3. The summed E-state index contributed by atoms with van der Waals surface area (Å²) in [5, 5.41) is 5.87. The lowest BCUT2D eigenvalue weighted by molar-refractivity contribution is 0.586. The van der Waals surface area contributed by atoms with E-state index in [9.17, 15) is 8.78 Å². The number of halogens is 3. The van der Waals surface area contributed by atoms with Crippen LogP contribution >= 0.6 is 11.6 Å². The average molecular weight is 349 g/mol. The van der Waals surface area contributed by atoms with Crippen LogP contribution in [0.15, 0.2) is 42.9 Å². The number of pyridine rings is 1. The van der Waals surface area contributed by atoms with Crippen LogP contribution in [0.3, 0.4) is 0 Å². The van der Waals surface area contributed by atoms with Crippen molar-refractivity contribution in [1.29, 1.82) is 0 Å². The highest BCUT2D eigenvalue weighted by molar-refractivity contribution is 6.32. The zero-order valence-electron chi connectivity index (χ0n) is 12.1. The van der Waals surface area contributed by atoms with Crippen LogP contribution in [0.4, 0.5) is 37.5 Å². The first-order valence-electron chi connectivity index (χ1n) is 6.74. The Morgan fingerprint density at radius 2 is 1.67 bits per heavy atom. The van der Waals surface area contributed by atoms with Gasteiger partial charge in [-0.25, -0.2) is 23.7 Å². The van der Waals surface area contributed by atoms with Crippen LogP contribution in [0, 0.1) is 11.6 Å². The molecule has 2 aromatic heterocycles. The highest BCUT2D eigenvalue weighted by Crippen LogP contribution is 2.30. The Bertz CT molecular complexity index is 890. The molecule has 0 spiro atoms. The molecule has 4 N–H and O–H groups in total. The number of nitrogens with one attached hydrogen (secondary N) is 2. The Balaban J connectivity index is 1.89. The number of rotatable bonds is 4. The van der Waals surface area contributed by atoms with E-state index in [1.165, 1.54) is 12.4 Å². The molecule has 0 unspecified atom stereocenters. The Morgan fingerprint density at radius 3 is 2.33 bits per heavy atom. The minimum absolute atomic E-state index is 0.0344. The fraction of sp³-hybridized carbons (Fsp3) is 0. The quantitative estimate of drug-likeness (QED) is 0.620. The van der Waals surface area contributed by atoms with Crippen LogP contribution in [-0.2, 0) is 0 Å². The van der Waals surface area contributed by atoms with E-state index in [0.29, 0.717) is 5.69 Å². The van der Waals surface area contributed by atoms with Gasteiger partial charge in [-0.3, -0.25) is 0 Å². The normalized spacial score (nSPS) is 10.5. The number of hydrogen-bond donors (Lipinski definition) is 3. The molecule has 0 aliphatic heterocycles. The molecule has 0 radical (unpaired) electrons. The van der Waals surface area contributed by atoms with Gasteiger partial charge in [0.1, 0.15) is 23.6 Å². The third-order valence-corrected chi connectivity index (χ3v) is 3.38. The van der Waals surface area contributed by atoms with Crippen molar-refractivity contribution in [3.8, 4) is 0 Å². The number of aromatic nitrogens is 3. The summed E-state index contributed by atoms with van der Waals surface area (Å²) in [6, 6.07) is 6.52. The molecular weight excluding hydrogens is 338 g/mol. The maximum atomic E-state index is 13.7. The average Bonchev–Trinajstić information content (AvgIpc) is 2.55. The highest BCUT2D eigenvalue weighted by Gasteiger charge is 2.12. The van der Waals surface area contributed by atoms with Gasteiger partial charge in [0.25, 0.3) is 0 Å². The summed E-state index contributed by atoms with van der Waals surface area (Å²) in [7, 11) is 0. The van der Waals surface area contributed by atoms with Crippen molar-refractivity contribution in [2.45, 2.75) is 0 Å². The van der Waals surface area contributed by atoms with Gasteiger partial charge in [0.05, 0.1) is 11.4 Å². The predicted octanol–water partition coefficient (Wildman–Crippen LogP) is 3.87. The van der Waals surface area contributed by atoms with Gasteiger partial charge in [0.15, 0.2) is 16.8 Å². The van der Waals surface area contributed by atoms with Crippen LogP contribution in [0.5, 0.6) is 0 Å². The van der Waals surface area contributed by atoms with Gasteiger partial charge in [-0.15, -0.1) is 0 Å². The molecule has 0 fully saturated rings. The van der Waals surface area contributed by atoms with E-state index < -0.39 is 11.6 Å². The largest absolute Gasteiger partial charge is 0.393 e. The molecule has 0 atom stereocenters. The van der Waals surface area contributed by atoms with Gasteiger partial charge >= 0.3 is 0 Å².